The van der Waals surface area contributed by atoms with Gasteiger partial charge in [-0.25, -0.2) is 8.42 Å². The predicted octanol–water partition coefficient (Wildman–Crippen LogP) is 2.31. The summed E-state index contributed by atoms with van der Waals surface area (Å²) in [6, 6.07) is 14.1. The van der Waals surface area contributed by atoms with Crippen LogP contribution >= 0.6 is 0 Å². The van der Waals surface area contributed by atoms with Gasteiger partial charge in [0.15, 0.2) is 16.4 Å². The summed E-state index contributed by atoms with van der Waals surface area (Å²) in [5, 5.41) is 12.0. The molecule has 1 atom stereocenters. The Balaban J connectivity index is 1.74. The van der Waals surface area contributed by atoms with Crippen molar-refractivity contribution in [2.45, 2.75) is 12.6 Å². The summed E-state index contributed by atoms with van der Waals surface area (Å²) < 4.78 is 29.0. The van der Waals surface area contributed by atoms with Gasteiger partial charge in [0.05, 0.1) is 22.8 Å². The standard InChI is InChI=1S/C19H18N2O6S/c22-19(13-27-18-8-4-7-16(11-18)21(23)24)20(12-15-5-2-1-3-6-15)17-9-10-28(25,26)14-17/h1-11,17H,12-14H2/t17-/m1/s1. The SMILES string of the molecule is O=C(COc1cccc([N+](=O)[O-])c1)N(Cc1ccccc1)[C@@H]1C=CS(=O)(=O)C1. The Hall–Kier alpha value is -3.20. The van der Waals surface area contributed by atoms with E-state index >= 15 is 0 Å². The lowest BCUT2D eigenvalue weighted by atomic mass is 10.2. The fourth-order valence-electron chi connectivity index (χ4n) is 2.84. The van der Waals surface area contributed by atoms with Crippen LogP contribution in [0.4, 0.5) is 5.69 Å². The van der Waals surface area contributed by atoms with Gasteiger partial charge in [0.2, 0.25) is 0 Å². The molecule has 0 bridgehead atoms. The minimum atomic E-state index is -3.34. The molecule has 1 amide bonds. The number of nitro benzene ring substituents is 1. The zero-order valence-electron chi connectivity index (χ0n) is 14.8. The molecule has 0 aromatic heterocycles. The molecule has 0 fully saturated rings. The molecule has 3 rings (SSSR count). The minimum Gasteiger partial charge on any atom is -0.484 e. The molecule has 2 aromatic carbocycles. The molecule has 146 valence electrons. The number of carbonyl (C=O) groups excluding carboxylic acids is 1. The maximum Gasteiger partial charge on any atom is 0.273 e. The third kappa shape index (κ3) is 4.95. The van der Waals surface area contributed by atoms with Crippen LogP contribution < -0.4 is 4.74 Å². The summed E-state index contributed by atoms with van der Waals surface area (Å²) in [6.07, 6.45) is 1.49. The van der Waals surface area contributed by atoms with Gasteiger partial charge in [0.25, 0.3) is 11.6 Å². The maximum atomic E-state index is 12.8. The van der Waals surface area contributed by atoms with Gasteiger partial charge in [0, 0.05) is 18.0 Å². The van der Waals surface area contributed by atoms with Crippen LogP contribution in [0.15, 0.2) is 66.1 Å². The third-order valence-electron chi connectivity index (χ3n) is 4.22. The summed E-state index contributed by atoms with van der Waals surface area (Å²) in [7, 11) is -3.34. The van der Waals surface area contributed by atoms with Crippen molar-refractivity contribution in [3.8, 4) is 5.75 Å². The van der Waals surface area contributed by atoms with E-state index in [0.29, 0.717) is 0 Å². The van der Waals surface area contributed by atoms with Crippen molar-refractivity contribution in [1.82, 2.24) is 4.90 Å². The topological polar surface area (TPSA) is 107 Å². The van der Waals surface area contributed by atoms with Gasteiger partial charge in [-0.15, -0.1) is 0 Å². The molecular formula is C19H18N2O6S. The Morgan fingerprint density at radius 3 is 2.57 bits per heavy atom. The number of amides is 1. The first-order chi connectivity index (χ1) is 13.3. The first kappa shape index (κ1) is 19.6. The Kier molecular flexibility index (Phi) is 5.74. The lowest BCUT2D eigenvalue weighted by Gasteiger charge is -2.27. The van der Waals surface area contributed by atoms with Gasteiger partial charge in [-0.3, -0.25) is 14.9 Å². The van der Waals surface area contributed by atoms with E-state index in [-0.39, 0.29) is 30.3 Å². The molecule has 1 heterocycles. The third-order valence-corrected chi connectivity index (χ3v) is 5.60. The molecule has 9 heteroatoms. The quantitative estimate of drug-likeness (QED) is 0.520. The molecule has 8 nitrogen and oxygen atoms in total. The first-order valence-corrected chi connectivity index (χ1v) is 10.2. The molecule has 0 N–H and O–H groups in total. The molecule has 0 radical (unpaired) electrons. The van der Waals surface area contributed by atoms with E-state index in [2.05, 4.69) is 0 Å². The fourth-order valence-corrected chi connectivity index (χ4v) is 4.14. The summed E-state index contributed by atoms with van der Waals surface area (Å²) in [5.41, 5.74) is 0.708. The highest BCUT2D eigenvalue weighted by Gasteiger charge is 2.30. The number of rotatable bonds is 7. The predicted molar refractivity (Wildman–Crippen MR) is 102 cm³/mol. The van der Waals surface area contributed by atoms with Gasteiger partial charge in [0.1, 0.15) is 5.75 Å². The molecule has 0 saturated carbocycles. The van der Waals surface area contributed by atoms with E-state index in [1.165, 1.54) is 35.2 Å². The van der Waals surface area contributed by atoms with Crippen LogP contribution in [0.5, 0.6) is 5.75 Å². The van der Waals surface area contributed by atoms with Crippen LogP contribution in [0.2, 0.25) is 0 Å². The highest BCUT2D eigenvalue weighted by molar-refractivity contribution is 7.94. The Morgan fingerprint density at radius 1 is 1.18 bits per heavy atom. The lowest BCUT2D eigenvalue weighted by molar-refractivity contribution is -0.384. The number of hydrogen-bond donors (Lipinski definition) is 0. The molecule has 2 aromatic rings. The Bertz CT molecular complexity index is 1000. The molecule has 1 aliphatic rings. The number of sulfone groups is 1. The second-order valence-corrected chi connectivity index (χ2v) is 8.21. The molecular weight excluding hydrogens is 384 g/mol. The fraction of sp³-hybridized carbons (Fsp3) is 0.211. The van der Waals surface area contributed by atoms with E-state index in [1.807, 2.05) is 30.3 Å². The molecule has 0 saturated heterocycles. The van der Waals surface area contributed by atoms with Crippen LogP contribution in [-0.4, -0.2) is 42.5 Å². The summed E-state index contributed by atoms with van der Waals surface area (Å²) in [6.45, 7) is -0.138. The number of nitro groups is 1. The maximum absolute atomic E-state index is 12.8. The van der Waals surface area contributed by atoms with Crippen molar-refractivity contribution < 1.29 is 22.9 Å². The first-order valence-electron chi connectivity index (χ1n) is 8.46. The number of non-ortho nitro benzene ring substituents is 1. The van der Waals surface area contributed by atoms with Crippen LogP contribution in [0.1, 0.15) is 5.56 Å². The molecule has 28 heavy (non-hydrogen) atoms. The monoisotopic (exact) mass is 402 g/mol. The number of ether oxygens (including phenoxy) is 1. The summed E-state index contributed by atoms with van der Waals surface area (Å²) >= 11 is 0. The van der Waals surface area contributed by atoms with E-state index in [1.54, 1.807) is 0 Å². The Morgan fingerprint density at radius 2 is 1.93 bits per heavy atom. The zero-order chi connectivity index (χ0) is 20.1. The lowest BCUT2D eigenvalue weighted by Crippen LogP contribution is -2.42. The number of hydrogen-bond acceptors (Lipinski definition) is 6. The van der Waals surface area contributed by atoms with Crippen molar-refractivity contribution >= 4 is 21.4 Å². The van der Waals surface area contributed by atoms with Crippen molar-refractivity contribution in [2.75, 3.05) is 12.4 Å². The second kappa shape index (κ2) is 8.22. The zero-order valence-corrected chi connectivity index (χ0v) is 15.6. The normalized spacial score (nSPS) is 17.2. The largest absolute Gasteiger partial charge is 0.484 e. The Labute approximate surface area is 162 Å². The van der Waals surface area contributed by atoms with Crippen molar-refractivity contribution in [3.63, 3.8) is 0 Å². The van der Waals surface area contributed by atoms with E-state index in [9.17, 15) is 23.3 Å². The van der Waals surface area contributed by atoms with Gasteiger partial charge < -0.3 is 9.64 Å². The number of carbonyl (C=O) groups is 1. The smallest absolute Gasteiger partial charge is 0.273 e. The highest BCUT2D eigenvalue weighted by Crippen LogP contribution is 2.21. The van der Waals surface area contributed by atoms with Crippen LogP contribution in [0, 0.1) is 10.1 Å². The van der Waals surface area contributed by atoms with Crippen molar-refractivity contribution in [1.29, 1.82) is 0 Å². The minimum absolute atomic E-state index is 0.143. The van der Waals surface area contributed by atoms with Crippen LogP contribution in [0.3, 0.4) is 0 Å². The van der Waals surface area contributed by atoms with Crippen molar-refractivity contribution in [2.24, 2.45) is 0 Å². The highest BCUT2D eigenvalue weighted by atomic mass is 32.2. The van der Waals surface area contributed by atoms with E-state index in [4.69, 9.17) is 4.74 Å². The number of benzene rings is 2. The second-order valence-electron chi connectivity index (χ2n) is 6.28. The molecule has 0 aliphatic carbocycles. The van der Waals surface area contributed by atoms with Gasteiger partial charge >= 0.3 is 0 Å². The average molecular weight is 402 g/mol. The average Bonchev–Trinajstić information content (AvgIpc) is 3.04. The van der Waals surface area contributed by atoms with E-state index < -0.39 is 26.7 Å². The molecule has 0 spiro atoms. The van der Waals surface area contributed by atoms with Crippen LogP contribution in [-0.2, 0) is 21.2 Å². The summed E-state index contributed by atoms with van der Waals surface area (Å²) in [4.78, 5) is 24.5. The summed E-state index contributed by atoms with van der Waals surface area (Å²) in [5.74, 6) is -0.401. The van der Waals surface area contributed by atoms with Crippen LogP contribution in [0.25, 0.3) is 0 Å². The van der Waals surface area contributed by atoms with Gasteiger partial charge in [-0.1, -0.05) is 36.4 Å². The van der Waals surface area contributed by atoms with Gasteiger partial charge in [-0.2, -0.15) is 0 Å². The molecule has 0 unspecified atom stereocenters. The van der Waals surface area contributed by atoms with E-state index in [0.717, 1.165) is 11.0 Å². The molecule has 1 aliphatic heterocycles. The van der Waals surface area contributed by atoms with Crippen molar-refractivity contribution in [3.05, 3.63) is 81.8 Å². The number of nitrogens with zero attached hydrogens (tertiary/aromatic N) is 2. The van der Waals surface area contributed by atoms with Gasteiger partial charge in [-0.05, 0) is 17.7 Å².